The van der Waals surface area contributed by atoms with Gasteiger partial charge in [0.15, 0.2) is 0 Å². The lowest BCUT2D eigenvalue weighted by molar-refractivity contribution is -0.428. The SMILES string of the molecule is [O-]C(CCCI)c1ccccc1. The maximum atomic E-state index is 11.5. The normalized spacial score (nSPS) is 12.8. The van der Waals surface area contributed by atoms with E-state index in [1.807, 2.05) is 30.3 Å². The minimum atomic E-state index is -0.527. The van der Waals surface area contributed by atoms with Gasteiger partial charge in [0.25, 0.3) is 0 Å². The Bertz CT molecular complexity index is 210. The number of rotatable bonds is 4. The lowest BCUT2D eigenvalue weighted by atomic mass is 10.1. The van der Waals surface area contributed by atoms with Gasteiger partial charge in [0, 0.05) is 0 Å². The minimum Gasteiger partial charge on any atom is -0.849 e. The van der Waals surface area contributed by atoms with Gasteiger partial charge in [0.1, 0.15) is 0 Å². The van der Waals surface area contributed by atoms with Crippen LogP contribution in [0.2, 0.25) is 0 Å². The zero-order valence-corrected chi connectivity index (χ0v) is 9.03. The van der Waals surface area contributed by atoms with Crippen molar-refractivity contribution in [2.45, 2.75) is 18.9 Å². The summed E-state index contributed by atoms with van der Waals surface area (Å²) >= 11 is 2.30. The van der Waals surface area contributed by atoms with Gasteiger partial charge in [-0.25, -0.2) is 0 Å². The second-order valence-corrected chi connectivity index (χ2v) is 3.81. The minimum absolute atomic E-state index is 0.527. The number of hydrogen-bond donors (Lipinski definition) is 0. The molecule has 1 aromatic rings. The van der Waals surface area contributed by atoms with Gasteiger partial charge >= 0.3 is 0 Å². The quantitative estimate of drug-likeness (QED) is 0.611. The van der Waals surface area contributed by atoms with E-state index < -0.39 is 6.10 Å². The predicted octanol–water partition coefficient (Wildman–Crippen LogP) is 2.30. The standard InChI is InChI=1S/C10H12IO/c11-8-4-7-10(12)9-5-2-1-3-6-9/h1-3,5-6,10H,4,7-8H2/q-1. The summed E-state index contributed by atoms with van der Waals surface area (Å²) in [4.78, 5) is 0. The van der Waals surface area contributed by atoms with Gasteiger partial charge in [-0.2, -0.15) is 0 Å². The summed E-state index contributed by atoms with van der Waals surface area (Å²) in [5.74, 6) is 0. The molecule has 66 valence electrons. The monoisotopic (exact) mass is 275 g/mol. The van der Waals surface area contributed by atoms with E-state index in [1.165, 1.54) is 0 Å². The zero-order valence-electron chi connectivity index (χ0n) is 6.87. The first kappa shape index (κ1) is 9.99. The molecule has 1 atom stereocenters. The summed E-state index contributed by atoms with van der Waals surface area (Å²) in [6, 6.07) is 9.60. The Kier molecular flexibility index (Phi) is 4.61. The van der Waals surface area contributed by atoms with Crippen molar-refractivity contribution in [3.8, 4) is 0 Å². The first-order valence-corrected chi connectivity index (χ1v) is 5.64. The molecule has 0 spiro atoms. The fourth-order valence-electron chi connectivity index (χ4n) is 1.10. The first-order chi connectivity index (χ1) is 5.84. The van der Waals surface area contributed by atoms with E-state index in [1.54, 1.807) is 0 Å². The lowest BCUT2D eigenvalue weighted by Crippen LogP contribution is -2.15. The molecule has 0 radical (unpaired) electrons. The van der Waals surface area contributed by atoms with Crippen LogP contribution in [0.1, 0.15) is 24.5 Å². The van der Waals surface area contributed by atoms with Crippen LogP contribution in [0.4, 0.5) is 0 Å². The van der Waals surface area contributed by atoms with E-state index in [9.17, 15) is 5.11 Å². The highest BCUT2D eigenvalue weighted by atomic mass is 127. The first-order valence-electron chi connectivity index (χ1n) is 4.11. The van der Waals surface area contributed by atoms with E-state index in [0.717, 1.165) is 22.8 Å². The molecule has 0 aliphatic heterocycles. The molecule has 0 aromatic heterocycles. The molecule has 0 saturated carbocycles. The van der Waals surface area contributed by atoms with Crippen LogP contribution in [0, 0.1) is 0 Å². The molecule has 0 fully saturated rings. The van der Waals surface area contributed by atoms with Crippen molar-refractivity contribution in [1.82, 2.24) is 0 Å². The van der Waals surface area contributed by atoms with Crippen LogP contribution in [0.15, 0.2) is 30.3 Å². The van der Waals surface area contributed by atoms with E-state index in [2.05, 4.69) is 22.6 Å². The molecule has 1 aromatic carbocycles. The molecular formula is C10H12IO-. The Hall–Kier alpha value is -0.0900. The molecule has 12 heavy (non-hydrogen) atoms. The Morgan fingerprint density at radius 2 is 1.92 bits per heavy atom. The van der Waals surface area contributed by atoms with Crippen molar-refractivity contribution < 1.29 is 5.11 Å². The molecule has 1 rings (SSSR count). The van der Waals surface area contributed by atoms with Crippen molar-refractivity contribution in [2.75, 3.05) is 4.43 Å². The topological polar surface area (TPSA) is 23.1 Å². The van der Waals surface area contributed by atoms with Crippen LogP contribution in [0.3, 0.4) is 0 Å². The van der Waals surface area contributed by atoms with Crippen LogP contribution in [-0.4, -0.2) is 4.43 Å². The van der Waals surface area contributed by atoms with E-state index in [-0.39, 0.29) is 0 Å². The Morgan fingerprint density at radius 3 is 2.50 bits per heavy atom. The fourth-order valence-corrected chi connectivity index (χ4v) is 1.54. The fraction of sp³-hybridized carbons (Fsp3) is 0.400. The molecular weight excluding hydrogens is 263 g/mol. The maximum Gasteiger partial charge on any atom is -0.000499 e. The Morgan fingerprint density at radius 1 is 1.25 bits per heavy atom. The Labute approximate surface area is 86.9 Å². The molecule has 0 N–H and O–H groups in total. The van der Waals surface area contributed by atoms with Crippen LogP contribution < -0.4 is 5.11 Å². The highest BCUT2D eigenvalue weighted by molar-refractivity contribution is 14.1. The van der Waals surface area contributed by atoms with Gasteiger partial charge in [0.2, 0.25) is 0 Å². The molecule has 2 heteroatoms. The molecule has 0 bridgehead atoms. The number of alkyl halides is 1. The van der Waals surface area contributed by atoms with Crippen LogP contribution in [-0.2, 0) is 0 Å². The Balaban J connectivity index is 2.48. The third kappa shape index (κ3) is 3.11. The van der Waals surface area contributed by atoms with E-state index in [0.29, 0.717) is 0 Å². The van der Waals surface area contributed by atoms with Gasteiger partial charge in [0.05, 0.1) is 0 Å². The van der Waals surface area contributed by atoms with Gasteiger partial charge in [-0.15, -0.1) is 6.10 Å². The van der Waals surface area contributed by atoms with Gasteiger partial charge in [-0.1, -0.05) is 64.9 Å². The van der Waals surface area contributed by atoms with Crippen LogP contribution in [0.25, 0.3) is 0 Å². The number of hydrogen-bond acceptors (Lipinski definition) is 1. The average molecular weight is 275 g/mol. The second-order valence-electron chi connectivity index (χ2n) is 2.73. The highest BCUT2D eigenvalue weighted by Gasteiger charge is 1.95. The van der Waals surface area contributed by atoms with Crippen molar-refractivity contribution in [1.29, 1.82) is 0 Å². The largest absolute Gasteiger partial charge is 0.849 e. The van der Waals surface area contributed by atoms with Gasteiger partial charge in [-0.05, 0) is 10.8 Å². The summed E-state index contributed by atoms with van der Waals surface area (Å²) < 4.78 is 1.07. The molecule has 0 aliphatic carbocycles. The molecule has 0 aliphatic rings. The summed E-state index contributed by atoms with van der Waals surface area (Å²) in [5, 5.41) is 11.5. The number of halogens is 1. The highest BCUT2D eigenvalue weighted by Crippen LogP contribution is 2.14. The number of benzene rings is 1. The van der Waals surface area contributed by atoms with E-state index >= 15 is 0 Å². The maximum absolute atomic E-state index is 11.5. The molecule has 1 unspecified atom stereocenters. The molecule has 0 amide bonds. The molecule has 0 saturated heterocycles. The van der Waals surface area contributed by atoms with Crippen LogP contribution >= 0.6 is 22.6 Å². The summed E-state index contributed by atoms with van der Waals surface area (Å²) in [7, 11) is 0. The molecule has 1 nitrogen and oxygen atoms in total. The van der Waals surface area contributed by atoms with Crippen molar-refractivity contribution in [3.05, 3.63) is 35.9 Å². The summed E-state index contributed by atoms with van der Waals surface area (Å²) in [6.07, 6.45) is 1.25. The lowest BCUT2D eigenvalue weighted by Gasteiger charge is -2.21. The zero-order chi connectivity index (χ0) is 8.81. The van der Waals surface area contributed by atoms with Crippen molar-refractivity contribution in [3.63, 3.8) is 0 Å². The van der Waals surface area contributed by atoms with Crippen LogP contribution in [0.5, 0.6) is 0 Å². The summed E-state index contributed by atoms with van der Waals surface area (Å²) in [5.41, 5.74) is 0.919. The average Bonchev–Trinajstić information content (AvgIpc) is 2.15. The second kappa shape index (κ2) is 5.54. The van der Waals surface area contributed by atoms with E-state index in [4.69, 9.17) is 0 Å². The van der Waals surface area contributed by atoms with Crippen molar-refractivity contribution >= 4 is 22.6 Å². The van der Waals surface area contributed by atoms with Crippen molar-refractivity contribution in [2.24, 2.45) is 0 Å². The molecule has 0 heterocycles. The van der Waals surface area contributed by atoms with Gasteiger partial charge < -0.3 is 5.11 Å². The summed E-state index contributed by atoms with van der Waals surface area (Å²) in [6.45, 7) is 0. The predicted molar refractivity (Wildman–Crippen MR) is 57.3 cm³/mol. The van der Waals surface area contributed by atoms with Gasteiger partial charge in [-0.3, -0.25) is 0 Å². The smallest absolute Gasteiger partial charge is 0.000499 e. The third-order valence-corrected chi connectivity index (χ3v) is 2.53. The third-order valence-electron chi connectivity index (χ3n) is 1.77.